The first-order valence-corrected chi connectivity index (χ1v) is 14.9. The molecule has 202 valence electrons. The molecule has 1 amide bonds. The highest BCUT2D eigenvalue weighted by atomic mass is 32.2. The van der Waals surface area contributed by atoms with Crippen LogP contribution in [0.4, 0.5) is 0 Å². The maximum atomic E-state index is 13.8. The summed E-state index contributed by atoms with van der Waals surface area (Å²) < 4.78 is 33.5. The molecular formula is C30H41NO5S. The Morgan fingerprint density at radius 3 is 2.41 bits per heavy atom. The number of allylic oxidation sites excluding steroid dienone is 2. The van der Waals surface area contributed by atoms with Crippen molar-refractivity contribution in [3.63, 3.8) is 0 Å². The molecule has 1 heterocycles. The standard InChI is InChI=1S/C30H41NO5S/c1-8-15-27(3,4)29(7,9-2)17-18-36-26(33)23-13-11-10-12-22(23)25(32)31-24-19-21-14-16-30(24,28(21,5)6)20-37(31,34)35/h8-13,21,24H,1-2,14-20H2,3-7H3/t21-,24?,29+,30+/m1/s1. The van der Waals surface area contributed by atoms with E-state index in [0.29, 0.717) is 18.8 Å². The summed E-state index contributed by atoms with van der Waals surface area (Å²) in [6.07, 6.45) is 7.61. The van der Waals surface area contributed by atoms with Crippen molar-refractivity contribution in [1.29, 1.82) is 0 Å². The summed E-state index contributed by atoms with van der Waals surface area (Å²) in [5.41, 5.74) is -0.831. The summed E-state index contributed by atoms with van der Waals surface area (Å²) in [5, 5.41) is 0. The molecule has 1 saturated heterocycles. The Hall–Kier alpha value is -2.41. The van der Waals surface area contributed by atoms with Crippen LogP contribution in [0.2, 0.25) is 0 Å². The molecule has 4 rings (SSSR count). The fraction of sp³-hybridized carbons (Fsp3) is 0.600. The highest BCUT2D eigenvalue weighted by Gasteiger charge is 2.72. The lowest BCUT2D eigenvalue weighted by Crippen LogP contribution is -2.44. The zero-order valence-electron chi connectivity index (χ0n) is 22.9. The van der Waals surface area contributed by atoms with E-state index in [2.05, 4.69) is 47.8 Å². The van der Waals surface area contributed by atoms with Crippen molar-refractivity contribution in [2.75, 3.05) is 12.4 Å². The van der Waals surface area contributed by atoms with Crippen LogP contribution in [0.1, 0.15) is 87.4 Å². The molecule has 0 radical (unpaired) electrons. The van der Waals surface area contributed by atoms with Crippen molar-refractivity contribution in [3.8, 4) is 0 Å². The fourth-order valence-electron chi connectivity index (χ4n) is 7.27. The minimum absolute atomic E-state index is 0.00680. The van der Waals surface area contributed by atoms with Gasteiger partial charge >= 0.3 is 5.97 Å². The number of benzene rings is 1. The van der Waals surface area contributed by atoms with E-state index in [9.17, 15) is 18.0 Å². The number of amides is 1. The predicted molar refractivity (Wildman–Crippen MR) is 146 cm³/mol. The van der Waals surface area contributed by atoms with E-state index in [1.165, 1.54) is 12.1 Å². The zero-order valence-corrected chi connectivity index (χ0v) is 23.7. The molecule has 1 unspecified atom stereocenters. The number of nitrogens with zero attached hydrogens (tertiary/aromatic N) is 1. The van der Waals surface area contributed by atoms with Gasteiger partial charge < -0.3 is 4.74 Å². The van der Waals surface area contributed by atoms with Crippen molar-refractivity contribution in [2.45, 2.75) is 72.8 Å². The van der Waals surface area contributed by atoms with Crippen molar-refractivity contribution in [2.24, 2.45) is 27.6 Å². The number of rotatable bonds is 9. The molecule has 0 aromatic heterocycles. The van der Waals surface area contributed by atoms with Crippen LogP contribution in [-0.4, -0.2) is 43.0 Å². The van der Waals surface area contributed by atoms with Crippen LogP contribution in [0.3, 0.4) is 0 Å². The van der Waals surface area contributed by atoms with Gasteiger partial charge in [-0.15, -0.1) is 13.2 Å². The lowest BCUT2D eigenvalue weighted by molar-refractivity contribution is 0.0377. The molecule has 6 nitrogen and oxygen atoms in total. The third kappa shape index (κ3) is 4.08. The second-order valence-corrected chi connectivity index (χ2v) is 14.5. The maximum Gasteiger partial charge on any atom is 0.338 e. The topological polar surface area (TPSA) is 80.8 Å². The molecule has 3 aliphatic rings. The minimum Gasteiger partial charge on any atom is -0.462 e. The van der Waals surface area contributed by atoms with Crippen LogP contribution in [0.25, 0.3) is 0 Å². The second kappa shape index (κ2) is 9.11. The average Bonchev–Trinajstić information content (AvgIpc) is 3.31. The highest BCUT2D eigenvalue weighted by Crippen LogP contribution is 2.70. The molecule has 37 heavy (non-hydrogen) atoms. The normalized spacial score (nSPS) is 28.8. The van der Waals surface area contributed by atoms with Crippen LogP contribution in [0.5, 0.6) is 0 Å². The van der Waals surface area contributed by atoms with Gasteiger partial charge in [0.1, 0.15) is 0 Å². The van der Waals surface area contributed by atoms with Gasteiger partial charge in [-0.3, -0.25) is 4.79 Å². The van der Waals surface area contributed by atoms with Crippen molar-refractivity contribution >= 4 is 21.9 Å². The number of ether oxygens (including phenoxy) is 1. The first-order chi connectivity index (χ1) is 17.2. The van der Waals surface area contributed by atoms with Crippen LogP contribution in [0.15, 0.2) is 49.6 Å². The van der Waals surface area contributed by atoms with Crippen molar-refractivity contribution in [1.82, 2.24) is 4.31 Å². The Bertz CT molecular complexity index is 1230. The summed E-state index contributed by atoms with van der Waals surface area (Å²) >= 11 is 0. The molecule has 4 atom stereocenters. The summed E-state index contributed by atoms with van der Waals surface area (Å²) in [6.45, 7) is 18.6. The Kier molecular flexibility index (Phi) is 6.80. The van der Waals surface area contributed by atoms with E-state index in [1.54, 1.807) is 12.1 Å². The molecule has 2 aliphatic carbocycles. The van der Waals surface area contributed by atoms with Gasteiger partial charge in [-0.25, -0.2) is 17.5 Å². The minimum atomic E-state index is -3.80. The average molecular weight is 528 g/mol. The quantitative estimate of drug-likeness (QED) is 0.290. The summed E-state index contributed by atoms with van der Waals surface area (Å²) in [5.74, 6) is -0.863. The van der Waals surface area contributed by atoms with E-state index in [0.717, 1.165) is 23.6 Å². The number of hydrogen-bond donors (Lipinski definition) is 0. The Morgan fingerprint density at radius 2 is 1.81 bits per heavy atom. The van der Waals surface area contributed by atoms with Crippen LogP contribution in [-0.2, 0) is 14.8 Å². The molecule has 2 saturated carbocycles. The Labute approximate surface area is 222 Å². The number of carbonyl (C=O) groups excluding carboxylic acids is 2. The molecule has 3 fully saturated rings. The first-order valence-electron chi connectivity index (χ1n) is 13.2. The lowest BCUT2D eigenvalue weighted by atomic mass is 9.63. The molecule has 1 aliphatic heterocycles. The van der Waals surface area contributed by atoms with Crippen LogP contribution in [0, 0.1) is 27.6 Å². The van der Waals surface area contributed by atoms with Gasteiger partial charge in [0.15, 0.2) is 0 Å². The molecule has 1 spiro atoms. The van der Waals surface area contributed by atoms with Crippen LogP contribution >= 0.6 is 0 Å². The third-order valence-corrected chi connectivity index (χ3v) is 12.4. The number of esters is 1. The number of carbonyl (C=O) groups is 2. The molecule has 1 aromatic carbocycles. The number of hydrogen-bond acceptors (Lipinski definition) is 5. The van der Waals surface area contributed by atoms with Crippen LogP contribution < -0.4 is 0 Å². The van der Waals surface area contributed by atoms with E-state index in [-0.39, 0.29) is 45.8 Å². The number of sulfonamides is 1. The summed E-state index contributed by atoms with van der Waals surface area (Å²) in [4.78, 5) is 27.0. The predicted octanol–water partition coefficient (Wildman–Crippen LogP) is 6.01. The Balaban J connectivity index is 1.55. The van der Waals surface area contributed by atoms with E-state index in [4.69, 9.17) is 4.74 Å². The van der Waals surface area contributed by atoms with Gasteiger partial charge in [0.05, 0.1) is 29.5 Å². The number of fused-ring (bicyclic) bond motifs is 1. The molecule has 7 heteroatoms. The lowest BCUT2D eigenvalue weighted by Gasteiger charge is -2.42. The SMILES string of the molecule is C=CCC(C)(C)[C@@](C)(C=C)CCOC(=O)c1ccccc1C(=O)N1C2C[C@H]3CC[C@@]2(CS1(=O)=O)C3(C)C. The van der Waals surface area contributed by atoms with E-state index in [1.807, 2.05) is 12.2 Å². The molecular weight excluding hydrogens is 486 g/mol. The van der Waals surface area contributed by atoms with E-state index >= 15 is 0 Å². The molecule has 1 aromatic rings. The van der Waals surface area contributed by atoms with Crippen molar-refractivity contribution < 1.29 is 22.7 Å². The fourth-order valence-corrected chi connectivity index (χ4v) is 9.79. The van der Waals surface area contributed by atoms with Gasteiger partial charge in [0.25, 0.3) is 5.91 Å². The summed E-state index contributed by atoms with van der Waals surface area (Å²) in [7, 11) is -3.80. The highest BCUT2D eigenvalue weighted by molar-refractivity contribution is 7.90. The van der Waals surface area contributed by atoms with Gasteiger partial charge in [-0.1, -0.05) is 58.9 Å². The maximum absolute atomic E-state index is 13.8. The monoisotopic (exact) mass is 527 g/mol. The second-order valence-electron chi connectivity index (χ2n) is 12.7. The smallest absolute Gasteiger partial charge is 0.338 e. The van der Waals surface area contributed by atoms with Gasteiger partial charge in [0.2, 0.25) is 10.0 Å². The third-order valence-electron chi connectivity index (χ3n) is 10.5. The first kappa shape index (κ1) is 27.6. The largest absolute Gasteiger partial charge is 0.462 e. The molecule has 2 bridgehead atoms. The van der Waals surface area contributed by atoms with Crippen molar-refractivity contribution in [3.05, 3.63) is 60.7 Å². The zero-order chi connectivity index (χ0) is 27.4. The van der Waals surface area contributed by atoms with Gasteiger partial charge in [-0.2, -0.15) is 0 Å². The molecule has 0 N–H and O–H groups in total. The Morgan fingerprint density at radius 1 is 1.16 bits per heavy atom. The summed E-state index contributed by atoms with van der Waals surface area (Å²) in [6, 6.07) is 6.02. The van der Waals surface area contributed by atoms with Gasteiger partial charge in [0, 0.05) is 5.41 Å². The van der Waals surface area contributed by atoms with E-state index < -0.39 is 27.3 Å². The van der Waals surface area contributed by atoms with Gasteiger partial charge in [-0.05, 0) is 66.4 Å².